The third-order valence-corrected chi connectivity index (χ3v) is 1.84. The fourth-order valence-electron chi connectivity index (χ4n) is 1.17. The molecule has 5 heteroatoms. The molecule has 0 aliphatic rings. The van der Waals surface area contributed by atoms with Gasteiger partial charge in [-0.15, -0.1) is 0 Å². The number of hydrogen-bond acceptors (Lipinski definition) is 4. The Labute approximate surface area is 87.5 Å². The molecule has 1 aromatic rings. The number of carbonyl (C=O) groups excluding carboxylic acids is 1. The SMILES string of the molecule is COC(=O)c1ncnc(CC(C)C)c1F. The van der Waals surface area contributed by atoms with Crippen LogP contribution >= 0.6 is 0 Å². The Morgan fingerprint density at radius 2 is 2.20 bits per heavy atom. The Bertz CT molecular complexity index is 366. The maximum Gasteiger partial charge on any atom is 0.359 e. The van der Waals surface area contributed by atoms with Crippen molar-refractivity contribution in [3.63, 3.8) is 0 Å². The number of nitrogens with zero attached hydrogens (tertiary/aromatic N) is 2. The topological polar surface area (TPSA) is 52.1 Å². The van der Waals surface area contributed by atoms with Gasteiger partial charge in [-0.3, -0.25) is 0 Å². The lowest BCUT2D eigenvalue weighted by Gasteiger charge is -2.06. The van der Waals surface area contributed by atoms with Crippen LogP contribution in [0.15, 0.2) is 6.33 Å². The number of ether oxygens (including phenoxy) is 1. The number of carbonyl (C=O) groups is 1. The molecule has 0 unspecified atom stereocenters. The lowest BCUT2D eigenvalue weighted by Crippen LogP contribution is -2.12. The number of hydrogen-bond donors (Lipinski definition) is 0. The van der Waals surface area contributed by atoms with Crippen LogP contribution in [0.3, 0.4) is 0 Å². The largest absolute Gasteiger partial charge is 0.464 e. The molecule has 0 fully saturated rings. The minimum absolute atomic E-state index is 0.250. The second-order valence-electron chi connectivity index (χ2n) is 3.57. The molecule has 0 saturated carbocycles. The Hall–Kier alpha value is -1.52. The molecule has 0 bridgehead atoms. The van der Waals surface area contributed by atoms with Gasteiger partial charge in [0.1, 0.15) is 6.33 Å². The van der Waals surface area contributed by atoms with E-state index in [2.05, 4.69) is 14.7 Å². The van der Waals surface area contributed by atoms with Gasteiger partial charge in [0.2, 0.25) is 0 Å². The van der Waals surface area contributed by atoms with Gasteiger partial charge in [0.25, 0.3) is 0 Å². The quantitative estimate of drug-likeness (QED) is 0.714. The van der Waals surface area contributed by atoms with Crippen LogP contribution in [0.1, 0.15) is 30.0 Å². The maximum absolute atomic E-state index is 13.6. The van der Waals surface area contributed by atoms with E-state index in [4.69, 9.17) is 0 Å². The van der Waals surface area contributed by atoms with Crippen LogP contribution in [-0.2, 0) is 11.2 Å². The van der Waals surface area contributed by atoms with Crippen molar-refractivity contribution in [2.75, 3.05) is 7.11 Å². The fraction of sp³-hybridized carbons (Fsp3) is 0.500. The van der Waals surface area contributed by atoms with Crippen molar-refractivity contribution < 1.29 is 13.9 Å². The molecule has 1 heterocycles. The number of methoxy groups -OCH3 is 1. The fourth-order valence-corrected chi connectivity index (χ4v) is 1.17. The highest BCUT2D eigenvalue weighted by atomic mass is 19.1. The predicted octanol–water partition coefficient (Wildman–Crippen LogP) is 1.60. The molecule has 1 aromatic heterocycles. The number of halogens is 1. The van der Waals surface area contributed by atoms with Crippen molar-refractivity contribution in [3.05, 3.63) is 23.5 Å². The third kappa shape index (κ3) is 2.71. The summed E-state index contributed by atoms with van der Waals surface area (Å²) in [6, 6.07) is 0. The molecule has 0 aliphatic carbocycles. The molecule has 0 aromatic carbocycles. The summed E-state index contributed by atoms with van der Waals surface area (Å²) in [4.78, 5) is 18.5. The smallest absolute Gasteiger partial charge is 0.359 e. The van der Waals surface area contributed by atoms with Crippen molar-refractivity contribution in [2.24, 2.45) is 5.92 Å². The summed E-state index contributed by atoms with van der Waals surface area (Å²) in [6.07, 6.45) is 1.64. The molecule has 0 radical (unpaired) electrons. The van der Waals surface area contributed by atoms with Crippen LogP contribution in [0.25, 0.3) is 0 Å². The van der Waals surface area contributed by atoms with Crippen LogP contribution in [0.2, 0.25) is 0 Å². The van der Waals surface area contributed by atoms with Gasteiger partial charge in [-0.1, -0.05) is 13.8 Å². The molecule has 0 spiro atoms. The van der Waals surface area contributed by atoms with Crippen LogP contribution in [0.5, 0.6) is 0 Å². The van der Waals surface area contributed by atoms with Gasteiger partial charge in [0.15, 0.2) is 11.5 Å². The van der Waals surface area contributed by atoms with Gasteiger partial charge in [-0.25, -0.2) is 19.2 Å². The Morgan fingerprint density at radius 3 is 2.73 bits per heavy atom. The number of aromatic nitrogens is 2. The molecule has 0 saturated heterocycles. The van der Waals surface area contributed by atoms with Gasteiger partial charge >= 0.3 is 5.97 Å². The minimum atomic E-state index is -0.778. The van der Waals surface area contributed by atoms with E-state index in [1.807, 2.05) is 13.8 Å². The molecule has 0 atom stereocenters. The van der Waals surface area contributed by atoms with E-state index in [0.717, 1.165) is 0 Å². The molecule has 82 valence electrons. The molecule has 0 N–H and O–H groups in total. The van der Waals surface area contributed by atoms with E-state index in [1.54, 1.807) is 0 Å². The van der Waals surface area contributed by atoms with Gasteiger partial charge in [0, 0.05) is 0 Å². The first kappa shape index (κ1) is 11.6. The lowest BCUT2D eigenvalue weighted by atomic mass is 10.1. The van der Waals surface area contributed by atoms with E-state index in [0.29, 0.717) is 6.42 Å². The average molecular weight is 212 g/mol. The van der Waals surface area contributed by atoms with Crippen molar-refractivity contribution in [1.82, 2.24) is 9.97 Å². The van der Waals surface area contributed by atoms with Gasteiger partial charge in [-0.05, 0) is 12.3 Å². The molecular weight excluding hydrogens is 199 g/mol. The standard InChI is InChI=1S/C10H13FN2O2/c1-6(2)4-7-8(11)9(10(14)15-3)13-5-12-7/h5-6H,4H2,1-3H3. The van der Waals surface area contributed by atoms with Crippen LogP contribution < -0.4 is 0 Å². The first-order chi connectivity index (χ1) is 7.06. The Kier molecular flexibility index (Phi) is 3.71. The zero-order valence-electron chi connectivity index (χ0n) is 8.95. The van der Waals surface area contributed by atoms with E-state index in [1.165, 1.54) is 13.4 Å². The Balaban J connectivity index is 3.05. The summed E-state index contributed by atoms with van der Waals surface area (Å²) in [5.74, 6) is -1.20. The number of esters is 1. The van der Waals surface area contributed by atoms with Crippen molar-refractivity contribution >= 4 is 5.97 Å². The summed E-state index contributed by atoms with van der Waals surface area (Å²) in [6.45, 7) is 3.89. The second-order valence-corrected chi connectivity index (χ2v) is 3.57. The van der Waals surface area contributed by atoms with Crippen LogP contribution in [-0.4, -0.2) is 23.0 Å². The first-order valence-electron chi connectivity index (χ1n) is 4.64. The minimum Gasteiger partial charge on any atom is -0.464 e. The van der Waals surface area contributed by atoms with Crippen molar-refractivity contribution in [2.45, 2.75) is 20.3 Å². The van der Waals surface area contributed by atoms with Gasteiger partial charge < -0.3 is 4.74 Å². The summed E-state index contributed by atoms with van der Waals surface area (Å²) in [5.41, 5.74) is -0.0523. The van der Waals surface area contributed by atoms with Gasteiger partial charge in [-0.2, -0.15) is 0 Å². The van der Waals surface area contributed by atoms with Crippen LogP contribution in [0, 0.1) is 11.7 Å². The molecular formula is C10H13FN2O2. The highest BCUT2D eigenvalue weighted by molar-refractivity contribution is 5.87. The third-order valence-electron chi connectivity index (χ3n) is 1.84. The van der Waals surface area contributed by atoms with E-state index in [-0.39, 0.29) is 17.3 Å². The molecule has 4 nitrogen and oxygen atoms in total. The monoisotopic (exact) mass is 212 g/mol. The highest BCUT2D eigenvalue weighted by Crippen LogP contribution is 2.12. The summed E-state index contributed by atoms with van der Waals surface area (Å²) >= 11 is 0. The predicted molar refractivity (Wildman–Crippen MR) is 51.9 cm³/mol. The van der Waals surface area contributed by atoms with E-state index < -0.39 is 11.8 Å². The number of rotatable bonds is 3. The first-order valence-corrected chi connectivity index (χ1v) is 4.64. The van der Waals surface area contributed by atoms with E-state index >= 15 is 0 Å². The normalized spacial score (nSPS) is 10.5. The maximum atomic E-state index is 13.6. The molecule has 0 amide bonds. The van der Waals surface area contributed by atoms with Gasteiger partial charge in [0.05, 0.1) is 12.8 Å². The zero-order valence-corrected chi connectivity index (χ0v) is 8.95. The van der Waals surface area contributed by atoms with Crippen molar-refractivity contribution in [3.8, 4) is 0 Å². The lowest BCUT2D eigenvalue weighted by molar-refractivity contribution is 0.0587. The van der Waals surface area contributed by atoms with Crippen LogP contribution in [0.4, 0.5) is 4.39 Å². The highest BCUT2D eigenvalue weighted by Gasteiger charge is 2.18. The van der Waals surface area contributed by atoms with Crippen molar-refractivity contribution in [1.29, 1.82) is 0 Å². The molecule has 1 rings (SSSR count). The second kappa shape index (κ2) is 4.82. The summed E-state index contributed by atoms with van der Waals surface area (Å²) in [5, 5.41) is 0. The van der Waals surface area contributed by atoms with E-state index in [9.17, 15) is 9.18 Å². The summed E-state index contributed by atoms with van der Waals surface area (Å²) in [7, 11) is 1.19. The average Bonchev–Trinajstić information content (AvgIpc) is 2.19. The zero-order chi connectivity index (χ0) is 11.4. The summed E-state index contributed by atoms with van der Waals surface area (Å²) < 4.78 is 18.1. The molecule has 0 aliphatic heterocycles. The molecule has 15 heavy (non-hydrogen) atoms. The Morgan fingerprint density at radius 1 is 1.53 bits per heavy atom.